The van der Waals surface area contributed by atoms with Crippen LogP contribution in [-0.4, -0.2) is 19.2 Å². The minimum atomic E-state index is -0.528. The number of amides is 1. The van der Waals surface area contributed by atoms with E-state index in [2.05, 4.69) is 57.4 Å². The van der Waals surface area contributed by atoms with E-state index in [9.17, 15) is 9.18 Å². The predicted octanol–water partition coefficient (Wildman–Crippen LogP) is 5.48. The normalized spacial score (nSPS) is 11.8. The average Bonchev–Trinajstić information content (AvgIpc) is 3.06. The first kappa shape index (κ1) is 19.2. The second kappa shape index (κ2) is 8.50. The zero-order chi connectivity index (χ0) is 20.2. The van der Waals surface area contributed by atoms with Crippen LogP contribution in [0.15, 0.2) is 71.2 Å². The molecule has 4 rings (SSSR count). The molecular weight excluding hydrogens is 433 g/mol. The first-order valence-corrected chi connectivity index (χ1v) is 9.95. The van der Waals surface area contributed by atoms with Gasteiger partial charge in [0.05, 0.1) is 6.54 Å². The van der Waals surface area contributed by atoms with Gasteiger partial charge in [0.2, 0.25) is 0 Å². The molecule has 0 atom stereocenters. The predicted molar refractivity (Wildman–Crippen MR) is 114 cm³/mol. The van der Waals surface area contributed by atoms with E-state index in [0.717, 1.165) is 11.1 Å². The van der Waals surface area contributed by atoms with Gasteiger partial charge in [-0.05, 0) is 56.4 Å². The summed E-state index contributed by atoms with van der Waals surface area (Å²) >= 11 is 3.32. The lowest BCUT2D eigenvalue weighted by molar-refractivity contribution is 0.144. The zero-order valence-electron chi connectivity index (χ0n) is 15.4. The van der Waals surface area contributed by atoms with Gasteiger partial charge in [0.1, 0.15) is 12.4 Å². The van der Waals surface area contributed by atoms with Crippen molar-refractivity contribution in [2.75, 3.05) is 13.2 Å². The van der Waals surface area contributed by atoms with Gasteiger partial charge in [0.25, 0.3) is 0 Å². The summed E-state index contributed by atoms with van der Waals surface area (Å²) in [5.74, 6) is 5.28. The fourth-order valence-electron chi connectivity index (χ4n) is 3.50. The summed E-state index contributed by atoms with van der Waals surface area (Å²) in [6.07, 6.45) is -0.528. The maximum absolute atomic E-state index is 13.3. The maximum atomic E-state index is 13.3. The SMILES string of the molecule is O=C(NCC#Cc1cc(F)ccc1Br)OCC1c2ccccc2-c2ccccc21. The van der Waals surface area contributed by atoms with Crippen LogP contribution in [0.3, 0.4) is 0 Å². The number of ether oxygens (including phenoxy) is 1. The van der Waals surface area contributed by atoms with Gasteiger partial charge in [-0.15, -0.1) is 0 Å². The molecule has 3 aromatic carbocycles. The summed E-state index contributed by atoms with van der Waals surface area (Å²) in [6.45, 7) is 0.363. The highest BCUT2D eigenvalue weighted by atomic mass is 79.9. The number of rotatable bonds is 3. The van der Waals surface area contributed by atoms with E-state index in [-0.39, 0.29) is 24.9 Å². The van der Waals surface area contributed by atoms with Gasteiger partial charge >= 0.3 is 6.09 Å². The van der Waals surface area contributed by atoms with Crippen LogP contribution in [0.1, 0.15) is 22.6 Å². The third-order valence-electron chi connectivity index (χ3n) is 4.82. The first-order valence-electron chi connectivity index (χ1n) is 9.16. The van der Waals surface area contributed by atoms with Gasteiger partial charge in [0.15, 0.2) is 0 Å². The van der Waals surface area contributed by atoms with E-state index < -0.39 is 6.09 Å². The molecule has 1 N–H and O–H groups in total. The molecule has 0 aliphatic heterocycles. The van der Waals surface area contributed by atoms with Crippen LogP contribution in [0.4, 0.5) is 9.18 Å². The van der Waals surface area contributed by atoms with Crippen LogP contribution < -0.4 is 5.32 Å². The Kier molecular flexibility index (Phi) is 5.64. The monoisotopic (exact) mass is 449 g/mol. The van der Waals surface area contributed by atoms with Crippen molar-refractivity contribution in [2.45, 2.75) is 5.92 Å². The molecule has 0 spiro atoms. The number of halogens is 2. The largest absolute Gasteiger partial charge is 0.449 e. The third-order valence-corrected chi connectivity index (χ3v) is 5.51. The zero-order valence-corrected chi connectivity index (χ0v) is 17.0. The fourth-order valence-corrected chi connectivity index (χ4v) is 3.84. The molecule has 0 unspecified atom stereocenters. The Morgan fingerprint density at radius 2 is 1.69 bits per heavy atom. The lowest BCUT2D eigenvalue weighted by Gasteiger charge is -2.14. The summed E-state index contributed by atoms with van der Waals surface area (Å²) in [5.41, 5.74) is 5.22. The van der Waals surface area contributed by atoms with Crippen molar-refractivity contribution in [1.29, 1.82) is 0 Å². The topological polar surface area (TPSA) is 38.3 Å². The van der Waals surface area contributed by atoms with Crippen LogP contribution in [0.25, 0.3) is 11.1 Å². The highest BCUT2D eigenvalue weighted by Gasteiger charge is 2.28. The minimum Gasteiger partial charge on any atom is -0.449 e. The molecule has 3 nitrogen and oxygen atoms in total. The molecule has 1 aliphatic rings. The molecule has 0 aromatic heterocycles. The number of benzene rings is 3. The lowest BCUT2D eigenvalue weighted by Crippen LogP contribution is -2.26. The van der Waals surface area contributed by atoms with E-state index in [4.69, 9.17) is 4.74 Å². The van der Waals surface area contributed by atoms with Crippen molar-refractivity contribution < 1.29 is 13.9 Å². The van der Waals surface area contributed by atoms with Crippen LogP contribution in [-0.2, 0) is 4.74 Å². The Morgan fingerprint density at radius 3 is 2.38 bits per heavy atom. The summed E-state index contributed by atoms with van der Waals surface area (Å²) in [7, 11) is 0. The number of fused-ring (bicyclic) bond motifs is 3. The van der Waals surface area contributed by atoms with Gasteiger partial charge < -0.3 is 10.1 Å². The smallest absolute Gasteiger partial charge is 0.407 e. The van der Waals surface area contributed by atoms with E-state index in [1.807, 2.05) is 24.3 Å². The number of nitrogens with one attached hydrogen (secondary N) is 1. The number of carbonyl (C=O) groups is 1. The molecule has 0 saturated heterocycles. The van der Waals surface area contributed by atoms with Crippen molar-refractivity contribution in [3.05, 3.63) is 93.7 Å². The molecule has 1 aliphatic carbocycles. The Labute approximate surface area is 177 Å². The van der Waals surface area contributed by atoms with Crippen molar-refractivity contribution in [3.63, 3.8) is 0 Å². The van der Waals surface area contributed by atoms with Gasteiger partial charge in [-0.25, -0.2) is 9.18 Å². The Morgan fingerprint density at radius 1 is 1.03 bits per heavy atom. The standard InChI is InChI=1S/C24H17BrFNO2/c25-23-12-11-17(26)14-16(23)6-5-13-27-24(28)29-15-22-20-9-3-1-7-18(20)19-8-2-4-10-21(19)22/h1-4,7-12,14,22H,13,15H2,(H,27,28). The van der Waals surface area contributed by atoms with Crippen molar-refractivity contribution in [1.82, 2.24) is 5.32 Å². The number of hydrogen-bond acceptors (Lipinski definition) is 2. The van der Waals surface area contributed by atoms with E-state index in [1.165, 1.54) is 23.3 Å². The molecule has 1 amide bonds. The second-order valence-electron chi connectivity index (χ2n) is 6.61. The van der Waals surface area contributed by atoms with Gasteiger partial charge in [-0.1, -0.05) is 60.4 Å². The minimum absolute atomic E-state index is 0.0162. The highest BCUT2D eigenvalue weighted by molar-refractivity contribution is 9.10. The Hall–Kier alpha value is -3.10. The Bertz CT molecular complexity index is 1090. The van der Waals surface area contributed by atoms with Crippen LogP contribution in [0.5, 0.6) is 0 Å². The summed E-state index contributed by atoms with van der Waals surface area (Å²) in [6, 6.07) is 20.6. The highest BCUT2D eigenvalue weighted by Crippen LogP contribution is 2.44. The number of carbonyl (C=O) groups excluding carboxylic acids is 1. The quantitative estimate of drug-likeness (QED) is 0.537. The molecular formula is C24H17BrFNO2. The van der Waals surface area contributed by atoms with Gasteiger partial charge in [0, 0.05) is 16.0 Å². The first-order chi connectivity index (χ1) is 14.1. The summed E-state index contributed by atoms with van der Waals surface area (Å²) in [5, 5.41) is 2.62. The molecule has 0 bridgehead atoms. The average molecular weight is 450 g/mol. The van der Waals surface area contributed by atoms with E-state index in [0.29, 0.717) is 10.0 Å². The molecule has 0 saturated carbocycles. The molecule has 29 heavy (non-hydrogen) atoms. The Balaban J connectivity index is 1.36. The van der Waals surface area contributed by atoms with Crippen LogP contribution in [0.2, 0.25) is 0 Å². The molecule has 0 heterocycles. The van der Waals surface area contributed by atoms with E-state index >= 15 is 0 Å². The fraction of sp³-hybridized carbons (Fsp3) is 0.125. The number of hydrogen-bond donors (Lipinski definition) is 1. The maximum Gasteiger partial charge on any atom is 0.407 e. The van der Waals surface area contributed by atoms with Gasteiger partial charge in [-0.3, -0.25) is 0 Å². The molecule has 3 aromatic rings. The number of alkyl carbamates (subject to hydrolysis) is 1. The lowest BCUT2D eigenvalue weighted by atomic mass is 9.98. The van der Waals surface area contributed by atoms with E-state index in [1.54, 1.807) is 6.07 Å². The van der Waals surface area contributed by atoms with Crippen molar-refractivity contribution in [2.24, 2.45) is 0 Å². The molecule has 0 radical (unpaired) electrons. The van der Waals surface area contributed by atoms with Gasteiger partial charge in [-0.2, -0.15) is 0 Å². The van der Waals surface area contributed by atoms with Crippen LogP contribution in [0, 0.1) is 17.7 Å². The van der Waals surface area contributed by atoms with Crippen molar-refractivity contribution >= 4 is 22.0 Å². The second-order valence-corrected chi connectivity index (χ2v) is 7.46. The molecule has 144 valence electrons. The molecule has 5 heteroatoms. The summed E-state index contributed by atoms with van der Waals surface area (Å²) in [4.78, 5) is 12.1. The summed E-state index contributed by atoms with van der Waals surface area (Å²) < 4.78 is 19.4. The third kappa shape index (κ3) is 4.18. The van der Waals surface area contributed by atoms with Crippen LogP contribution >= 0.6 is 15.9 Å². The van der Waals surface area contributed by atoms with Crippen molar-refractivity contribution in [3.8, 4) is 23.0 Å². The molecule has 0 fully saturated rings.